The second kappa shape index (κ2) is 4.64. The molecule has 0 atom stereocenters. The lowest BCUT2D eigenvalue weighted by Crippen LogP contribution is -2.33. The zero-order valence-corrected chi connectivity index (χ0v) is 10.1. The van der Waals surface area contributed by atoms with Gasteiger partial charge in [0, 0.05) is 29.9 Å². The Kier molecular flexibility index (Phi) is 3.22. The SMILES string of the molecule is COc1cc(NC2CC(C)C2)cc(OC)c1. The van der Waals surface area contributed by atoms with Gasteiger partial charge in [-0.2, -0.15) is 0 Å². The van der Waals surface area contributed by atoms with Crippen LogP contribution in [0, 0.1) is 5.92 Å². The van der Waals surface area contributed by atoms with Crippen molar-refractivity contribution in [2.24, 2.45) is 5.92 Å². The third kappa shape index (κ3) is 2.40. The Labute approximate surface area is 96.8 Å². The van der Waals surface area contributed by atoms with Crippen molar-refractivity contribution >= 4 is 5.69 Å². The number of rotatable bonds is 4. The van der Waals surface area contributed by atoms with Crippen LogP contribution in [0.1, 0.15) is 19.8 Å². The van der Waals surface area contributed by atoms with Gasteiger partial charge in [-0.05, 0) is 18.8 Å². The lowest BCUT2D eigenvalue weighted by molar-refractivity contribution is 0.309. The third-order valence-corrected chi connectivity index (χ3v) is 3.10. The number of nitrogens with one attached hydrogen (secondary N) is 1. The molecule has 88 valence electrons. The Morgan fingerprint density at radius 2 is 1.62 bits per heavy atom. The number of hydrogen-bond donors (Lipinski definition) is 1. The quantitative estimate of drug-likeness (QED) is 0.848. The minimum Gasteiger partial charge on any atom is -0.497 e. The second-order valence-corrected chi connectivity index (χ2v) is 4.52. The van der Waals surface area contributed by atoms with Gasteiger partial charge in [-0.25, -0.2) is 0 Å². The molecule has 0 amide bonds. The molecule has 0 aromatic heterocycles. The molecule has 1 N–H and O–H groups in total. The van der Waals surface area contributed by atoms with Gasteiger partial charge < -0.3 is 14.8 Å². The van der Waals surface area contributed by atoms with Gasteiger partial charge in [-0.3, -0.25) is 0 Å². The van der Waals surface area contributed by atoms with E-state index in [2.05, 4.69) is 12.2 Å². The summed E-state index contributed by atoms with van der Waals surface area (Å²) in [6.45, 7) is 2.28. The zero-order valence-electron chi connectivity index (χ0n) is 10.1. The van der Waals surface area contributed by atoms with Gasteiger partial charge in [0.2, 0.25) is 0 Å². The fourth-order valence-corrected chi connectivity index (χ4v) is 2.15. The summed E-state index contributed by atoms with van der Waals surface area (Å²) in [5.74, 6) is 2.51. The second-order valence-electron chi connectivity index (χ2n) is 4.52. The highest BCUT2D eigenvalue weighted by atomic mass is 16.5. The van der Waals surface area contributed by atoms with Gasteiger partial charge in [0.05, 0.1) is 14.2 Å². The Balaban J connectivity index is 2.07. The molecule has 1 saturated carbocycles. The molecule has 16 heavy (non-hydrogen) atoms. The maximum Gasteiger partial charge on any atom is 0.124 e. The van der Waals surface area contributed by atoms with E-state index >= 15 is 0 Å². The molecule has 1 aromatic rings. The van der Waals surface area contributed by atoms with Crippen molar-refractivity contribution in [2.75, 3.05) is 19.5 Å². The third-order valence-electron chi connectivity index (χ3n) is 3.10. The summed E-state index contributed by atoms with van der Waals surface area (Å²) >= 11 is 0. The topological polar surface area (TPSA) is 30.5 Å². The van der Waals surface area contributed by atoms with E-state index in [0.717, 1.165) is 23.1 Å². The molecule has 1 aliphatic rings. The molecule has 1 aliphatic carbocycles. The van der Waals surface area contributed by atoms with E-state index in [-0.39, 0.29) is 0 Å². The van der Waals surface area contributed by atoms with Gasteiger partial charge in [0.25, 0.3) is 0 Å². The van der Waals surface area contributed by atoms with Crippen molar-refractivity contribution in [2.45, 2.75) is 25.8 Å². The van der Waals surface area contributed by atoms with Gasteiger partial charge in [-0.15, -0.1) is 0 Å². The first kappa shape index (κ1) is 11.1. The minimum absolute atomic E-state index is 0.604. The molecule has 2 rings (SSSR count). The van der Waals surface area contributed by atoms with Crippen molar-refractivity contribution in [3.8, 4) is 11.5 Å². The highest BCUT2D eigenvalue weighted by Gasteiger charge is 2.25. The standard InChI is InChI=1S/C13H19NO2/c1-9-4-10(5-9)14-11-6-12(15-2)8-13(7-11)16-3/h6-10,14H,4-5H2,1-3H3. The first-order chi connectivity index (χ1) is 7.71. The van der Waals surface area contributed by atoms with Crippen LogP contribution in [0.4, 0.5) is 5.69 Å². The first-order valence-electron chi connectivity index (χ1n) is 5.71. The molecular formula is C13H19NO2. The summed E-state index contributed by atoms with van der Waals surface area (Å²) in [4.78, 5) is 0. The van der Waals surface area contributed by atoms with Gasteiger partial charge in [0.15, 0.2) is 0 Å². The van der Waals surface area contributed by atoms with Crippen LogP contribution in [0.3, 0.4) is 0 Å². The van der Waals surface area contributed by atoms with Crippen LogP contribution >= 0.6 is 0 Å². The molecule has 0 aliphatic heterocycles. The van der Waals surface area contributed by atoms with Crippen LogP contribution in [0.15, 0.2) is 18.2 Å². The Bertz CT molecular complexity index is 337. The minimum atomic E-state index is 0.604. The molecule has 1 fully saturated rings. The normalized spacial score (nSPS) is 23.4. The summed E-state index contributed by atoms with van der Waals surface area (Å²) in [7, 11) is 3.34. The van der Waals surface area contributed by atoms with Gasteiger partial charge >= 0.3 is 0 Å². The molecule has 0 spiro atoms. The van der Waals surface area contributed by atoms with E-state index < -0.39 is 0 Å². The van der Waals surface area contributed by atoms with Crippen molar-refractivity contribution < 1.29 is 9.47 Å². The van der Waals surface area contributed by atoms with Crippen LogP contribution in [0.5, 0.6) is 11.5 Å². The van der Waals surface area contributed by atoms with Crippen molar-refractivity contribution in [3.05, 3.63) is 18.2 Å². The highest BCUT2D eigenvalue weighted by molar-refractivity contribution is 5.54. The van der Waals surface area contributed by atoms with E-state index in [9.17, 15) is 0 Å². The van der Waals surface area contributed by atoms with Crippen molar-refractivity contribution in [1.29, 1.82) is 0 Å². The van der Waals surface area contributed by atoms with Crippen LogP contribution < -0.4 is 14.8 Å². The summed E-state index contributed by atoms with van der Waals surface area (Å²) in [6.07, 6.45) is 2.50. The fraction of sp³-hybridized carbons (Fsp3) is 0.538. The van der Waals surface area contributed by atoms with Crippen molar-refractivity contribution in [1.82, 2.24) is 0 Å². The molecule has 3 nitrogen and oxygen atoms in total. The maximum absolute atomic E-state index is 5.23. The first-order valence-corrected chi connectivity index (χ1v) is 5.71. The van der Waals surface area contributed by atoms with E-state index in [1.165, 1.54) is 12.8 Å². The summed E-state index contributed by atoms with van der Waals surface area (Å²) < 4.78 is 10.5. The molecule has 1 aromatic carbocycles. The lowest BCUT2D eigenvalue weighted by Gasteiger charge is -2.34. The smallest absolute Gasteiger partial charge is 0.124 e. The Morgan fingerprint density at radius 3 is 2.06 bits per heavy atom. The van der Waals surface area contributed by atoms with E-state index in [4.69, 9.17) is 9.47 Å². The monoisotopic (exact) mass is 221 g/mol. The number of ether oxygens (including phenoxy) is 2. The summed E-state index contributed by atoms with van der Waals surface area (Å²) in [5.41, 5.74) is 1.08. The average Bonchev–Trinajstić information content (AvgIpc) is 2.26. The molecule has 0 bridgehead atoms. The summed E-state index contributed by atoms with van der Waals surface area (Å²) in [5, 5.41) is 3.50. The number of hydrogen-bond acceptors (Lipinski definition) is 3. The summed E-state index contributed by atoms with van der Waals surface area (Å²) in [6, 6.07) is 6.50. The number of benzene rings is 1. The Morgan fingerprint density at radius 1 is 1.06 bits per heavy atom. The zero-order chi connectivity index (χ0) is 11.5. The predicted octanol–water partition coefficient (Wildman–Crippen LogP) is 2.91. The van der Waals surface area contributed by atoms with Crippen LogP contribution in [0.25, 0.3) is 0 Å². The Hall–Kier alpha value is -1.38. The van der Waals surface area contributed by atoms with Gasteiger partial charge in [-0.1, -0.05) is 6.92 Å². The molecule has 3 heteroatoms. The maximum atomic E-state index is 5.23. The van der Waals surface area contributed by atoms with Gasteiger partial charge in [0.1, 0.15) is 11.5 Å². The van der Waals surface area contributed by atoms with Crippen LogP contribution in [-0.2, 0) is 0 Å². The van der Waals surface area contributed by atoms with Crippen LogP contribution in [0.2, 0.25) is 0 Å². The van der Waals surface area contributed by atoms with E-state index in [0.29, 0.717) is 6.04 Å². The molecular weight excluding hydrogens is 202 g/mol. The molecule has 0 unspecified atom stereocenters. The highest BCUT2D eigenvalue weighted by Crippen LogP contribution is 2.32. The average molecular weight is 221 g/mol. The largest absolute Gasteiger partial charge is 0.497 e. The molecule has 0 heterocycles. The van der Waals surface area contributed by atoms with Crippen LogP contribution in [-0.4, -0.2) is 20.3 Å². The predicted molar refractivity (Wildman–Crippen MR) is 65.4 cm³/mol. The van der Waals surface area contributed by atoms with E-state index in [1.54, 1.807) is 14.2 Å². The fourth-order valence-electron chi connectivity index (χ4n) is 2.15. The lowest BCUT2D eigenvalue weighted by atomic mass is 9.82. The van der Waals surface area contributed by atoms with E-state index in [1.807, 2.05) is 18.2 Å². The van der Waals surface area contributed by atoms with Crippen molar-refractivity contribution in [3.63, 3.8) is 0 Å². The number of methoxy groups -OCH3 is 2. The number of anilines is 1. The molecule has 0 radical (unpaired) electrons. The molecule has 0 saturated heterocycles.